The number of nitrogens with one attached hydrogen (secondary N) is 1. The zero-order valence-electron chi connectivity index (χ0n) is 11.2. The van der Waals surface area contributed by atoms with Crippen molar-refractivity contribution >= 4 is 11.6 Å². The van der Waals surface area contributed by atoms with Gasteiger partial charge in [-0.3, -0.25) is 4.79 Å². The molecule has 7 heteroatoms. The highest BCUT2D eigenvalue weighted by Gasteiger charge is 2.32. The number of nitrogens with two attached hydrogens (primary N) is 1. The molecular formula is C14H14F3N3O. The number of anilines is 1. The van der Waals surface area contributed by atoms with E-state index in [2.05, 4.69) is 5.32 Å². The Balaban J connectivity index is 2.14. The normalized spacial score (nSPS) is 11.4. The maximum absolute atomic E-state index is 12.8. The van der Waals surface area contributed by atoms with Crippen molar-refractivity contribution in [3.8, 4) is 0 Å². The van der Waals surface area contributed by atoms with Gasteiger partial charge in [-0.15, -0.1) is 0 Å². The van der Waals surface area contributed by atoms with E-state index in [0.29, 0.717) is 5.69 Å². The van der Waals surface area contributed by atoms with E-state index >= 15 is 0 Å². The number of nitrogen functional groups attached to an aromatic ring is 1. The maximum atomic E-state index is 12.8. The van der Waals surface area contributed by atoms with Gasteiger partial charge in [0, 0.05) is 19.8 Å². The van der Waals surface area contributed by atoms with Gasteiger partial charge in [0.1, 0.15) is 5.69 Å². The van der Waals surface area contributed by atoms with E-state index in [1.54, 1.807) is 13.2 Å². The number of carbonyl (C=O) groups excluding carboxylic acids is 1. The van der Waals surface area contributed by atoms with E-state index in [-0.39, 0.29) is 17.8 Å². The van der Waals surface area contributed by atoms with Gasteiger partial charge >= 0.3 is 6.18 Å². The number of hydrogen-bond donors (Lipinski definition) is 2. The fraction of sp³-hybridized carbons (Fsp3) is 0.214. The highest BCUT2D eigenvalue weighted by molar-refractivity contribution is 5.93. The first-order valence-electron chi connectivity index (χ1n) is 6.14. The minimum atomic E-state index is -4.45. The molecule has 0 aliphatic heterocycles. The number of halogens is 3. The number of hydrogen-bond acceptors (Lipinski definition) is 2. The highest BCUT2D eigenvalue weighted by atomic mass is 19.4. The molecule has 2 rings (SSSR count). The van der Waals surface area contributed by atoms with E-state index in [0.717, 1.165) is 6.07 Å². The van der Waals surface area contributed by atoms with Gasteiger partial charge in [0.15, 0.2) is 0 Å². The summed E-state index contributed by atoms with van der Waals surface area (Å²) in [5.74, 6) is -0.480. The second-order valence-corrected chi connectivity index (χ2v) is 4.61. The summed E-state index contributed by atoms with van der Waals surface area (Å²) in [6.45, 7) is -0.209. The molecule has 1 aromatic heterocycles. The lowest BCUT2D eigenvalue weighted by molar-refractivity contribution is -0.138. The number of carbonyl (C=O) groups is 1. The fourth-order valence-electron chi connectivity index (χ4n) is 2.03. The van der Waals surface area contributed by atoms with Gasteiger partial charge in [0.2, 0.25) is 0 Å². The number of aromatic nitrogens is 1. The molecule has 3 N–H and O–H groups in total. The van der Waals surface area contributed by atoms with Crippen molar-refractivity contribution in [2.75, 3.05) is 5.73 Å². The third-order valence-electron chi connectivity index (χ3n) is 3.02. The van der Waals surface area contributed by atoms with Crippen LogP contribution < -0.4 is 11.1 Å². The van der Waals surface area contributed by atoms with Gasteiger partial charge in [-0.25, -0.2) is 0 Å². The summed E-state index contributed by atoms with van der Waals surface area (Å²) < 4.78 is 40.0. The first-order valence-corrected chi connectivity index (χ1v) is 6.14. The molecular weight excluding hydrogens is 283 g/mol. The molecule has 0 unspecified atom stereocenters. The molecule has 0 aliphatic rings. The van der Waals surface area contributed by atoms with E-state index < -0.39 is 17.6 Å². The lowest BCUT2D eigenvalue weighted by Gasteiger charge is -2.13. The van der Waals surface area contributed by atoms with Crippen molar-refractivity contribution < 1.29 is 18.0 Å². The Bertz CT molecular complexity index is 662. The molecule has 21 heavy (non-hydrogen) atoms. The Morgan fingerprint density at radius 3 is 2.57 bits per heavy atom. The smallest absolute Gasteiger partial charge is 0.397 e. The molecule has 0 bridgehead atoms. The Morgan fingerprint density at radius 2 is 2.00 bits per heavy atom. The van der Waals surface area contributed by atoms with Gasteiger partial charge in [-0.2, -0.15) is 13.2 Å². The summed E-state index contributed by atoms with van der Waals surface area (Å²) in [6.07, 6.45) is -2.89. The molecule has 1 heterocycles. The van der Waals surface area contributed by atoms with Crippen LogP contribution in [0.1, 0.15) is 21.6 Å². The SMILES string of the molecule is Cn1cc(N)cc1C(=O)NCc1ccccc1C(F)(F)F. The first-order chi connectivity index (χ1) is 9.79. The Kier molecular flexibility index (Phi) is 3.93. The van der Waals surface area contributed by atoms with Crippen LogP contribution in [-0.4, -0.2) is 10.5 Å². The number of benzene rings is 1. The number of aryl methyl sites for hydroxylation is 1. The molecule has 0 radical (unpaired) electrons. The second kappa shape index (κ2) is 5.51. The lowest BCUT2D eigenvalue weighted by Crippen LogP contribution is -2.26. The molecule has 1 aromatic carbocycles. The molecule has 4 nitrogen and oxygen atoms in total. The van der Waals surface area contributed by atoms with E-state index in [1.165, 1.54) is 28.8 Å². The average molecular weight is 297 g/mol. The summed E-state index contributed by atoms with van der Waals surface area (Å²) >= 11 is 0. The van der Waals surface area contributed by atoms with Gasteiger partial charge in [-0.05, 0) is 17.7 Å². The van der Waals surface area contributed by atoms with Crippen LogP contribution in [0.3, 0.4) is 0 Å². The van der Waals surface area contributed by atoms with Crippen LogP contribution in [0.4, 0.5) is 18.9 Å². The molecule has 0 atom stereocenters. The molecule has 0 fully saturated rings. The van der Waals surface area contributed by atoms with Crippen LogP contribution in [0, 0.1) is 0 Å². The van der Waals surface area contributed by atoms with Crippen LogP contribution in [0.2, 0.25) is 0 Å². The predicted molar refractivity (Wildman–Crippen MR) is 72.4 cm³/mol. The lowest BCUT2D eigenvalue weighted by atomic mass is 10.1. The Labute approximate surface area is 119 Å². The second-order valence-electron chi connectivity index (χ2n) is 4.61. The average Bonchev–Trinajstić information content (AvgIpc) is 2.74. The molecule has 0 spiro atoms. The minimum Gasteiger partial charge on any atom is -0.397 e. The number of amides is 1. The van der Waals surface area contributed by atoms with Crippen LogP contribution in [-0.2, 0) is 19.8 Å². The van der Waals surface area contributed by atoms with Gasteiger partial charge in [-0.1, -0.05) is 18.2 Å². The van der Waals surface area contributed by atoms with Gasteiger partial charge in [0.05, 0.1) is 11.3 Å². The van der Waals surface area contributed by atoms with Crippen molar-refractivity contribution in [2.24, 2.45) is 7.05 Å². The van der Waals surface area contributed by atoms with Crippen LogP contribution in [0.5, 0.6) is 0 Å². The van der Waals surface area contributed by atoms with Crippen molar-refractivity contribution in [1.29, 1.82) is 0 Å². The van der Waals surface area contributed by atoms with Crippen LogP contribution in [0.15, 0.2) is 36.5 Å². The number of nitrogens with zero attached hydrogens (tertiary/aromatic N) is 1. The van der Waals surface area contributed by atoms with Crippen LogP contribution in [0.25, 0.3) is 0 Å². The molecule has 0 saturated carbocycles. The number of alkyl halides is 3. The van der Waals surface area contributed by atoms with Gasteiger partial charge in [0.25, 0.3) is 5.91 Å². The molecule has 0 aliphatic carbocycles. The molecule has 112 valence electrons. The molecule has 1 amide bonds. The summed E-state index contributed by atoms with van der Waals surface area (Å²) in [6, 6.07) is 6.60. The van der Waals surface area contributed by atoms with E-state index in [1.807, 2.05) is 0 Å². The molecule has 2 aromatic rings. The summed E-state index contributed by atoms with van der Waals surface area (Å²) in [7, 11) is 1.63. The largest absolute Gasteiger partial charge is 0.416 e. The van der Waals surface area contributed by atoms with Gasteiger partial charge < -0.3 is 15.6 Å². The Morgan fingerprint density at radius 1 is 1.33 bits per heavy atom. The third-order valence-corrected chi connectivity index (χ3v) is 3.02. The molecule has 0 saturated heterocycles. The predicted octanol–water partition coefficient (Wildman–Crippen LogP) is 2.56. The topological polar surface area (TPSA) is 60.0 Å². The maximum Gasteiger partial charge on any atom is 0.416 e. The number of rotatable bonds is 3. The standard InChI is InChI=1S/C14H14F3N3O/c1-20-8-10(18)6-12(20)13(21)19-7-9-4-2-3-5-11(9)14(15,16)17/h2-6,8H,7,18H2,1H3,(H,19,21). The van der Waals surface area contributed by atoms with E-state index in [9.17, 15) is 18.0 Å². The van der Waals surface area contributed by atoms with Crippen molar-refractivity contribution in [1.82, 2.24) is 9.88 Å². The summed E-state index contributed by atoms with van der Waals surface area (Å²) in [4.78, 5) is 11.9. The fourth-order valence-corrected chi connectivity index (χ4v) is 2.03. The van der Waals surface area contributed by atoms with Crippen molar-refractivity contribution in [3.63, 3.8) is 0 Å². The van der Waals surface area contributed by atoms with E-state index in [4.69, 9.17) is 5.73 Å². The van der Waals surface area contributed by atoms with Crippen molar-refractivity contribution in [2.45, 2.75) is 12.7 Å². The van der Waals surface area contributed by atoms with Crippen molar-refractivity contribution in [3.05, 3.63) is 53.3 Å². The third kappa shape index (κ3) is 3.36. The summed E-state index contributed by atoms with van der Waals surface area (Å²) in [5, 5.41) is 2.47. The monoisotopic (exact) mass is 297 g/mol. The Hall–Kier alpha value is -2.44. The minimum absolute atomic E-state index is 0.0144. The zero-order chi connectivity index (χ0) is 15.6. The first kappa shape index (κ1) is 15.0. The van der Waals surface area contributed by atoms with Crippen LogP contribution >= 0.6 is 0 Å². The quantitative estimate of drug-likeness (QED) is 0.914. The zero-order valence-corrected chi connectivity index (χ0v) is 11.2. The summed E-state index contributed by atoms with van der Waals surface area (Å²) in [5.41, 5.74) is 5.52. The highest BCUT2D eigenvalue weighted by Crippen LogP contribution is 2.31.